The van der Waals surface area contributed by atoms with E-state index in [1.807, 2.05) is 13.0 Å². The van der Waals surface area contributed by atoms with E-state index < -0.39 is 12.2 Å². The predicted octanol–water partition coefficient (Wildman–Crippen LogP) is 3.42. The van der Waals surface area contributed by atoms with Crippen molar-refractivity contribution >= 4 is 5.71 Å². The van der Waals surface area contributed by atoms with Crippen molar-refractivity contribution in [2.45, 2.75) is 33.0 Å². The van der Waals surface area contributed by atoms with Crippen molar-refractivity contribution in [1.82, 2.24) is 15.0 Å². The lowest BCUT2D eigenvalue weighted by atomic mass is 10.1. The Balaban J connectivity index is 1.93. The number of pyridine rings is 1. The van der Waals surface area contributed by atoms with Gasteiger partial charge in [-0.15, -0.1) is 0 Å². The SMILES string of the molecule is CC1=CC(c2cnccc2C)=NC2=CCN(C(C)C(F)(F)F)N12. The molecule has 1 unspecified atom stereocenters. The molecule has 1 atom stereocenters. The molecule has 1 aromatic rings. The average Bonchev–Trinajstić information content (AvgIpc) is 2.90. The first kappa shape index (κ1) is 15.7. The number of hydrogen-bond acceptors (Lipinski definition) is 4. The Kier molecular flexibility index (Phi) is 3.75. The van der Waals surface area contributed by atoms with Crippen LogP contribution < -0.4 is 0 Å². The first-order valence-electron chi connectivity index (χ1n) is 7.30. The van der Waals surface area contributed by atoms with Gasteiger partial charge in [-0.3, -0.25) is 9.99 Å². The highest BCUT2D eigenvalue weighted by molar-refractivity contribution is 6.10. The minimum absolute atomic E-state index is 0.185. The molecule has 23 heavy (non-hydrogen) atoms. The van der Waals surface area contributed by atoms with Crippen LogP contribution >= 0.6 is 0 Å². The zero-order chi connectivity index (χ0) is 16.8. The highest BCUT2D eigenvalue weighted by atomic mass is 19.4. The van der Waals surface area contributed by atoms with Crippen LogP contribution in [-0.4, -0.2) is 39.5 Å². The Morgan fingerprint density at radius 1 is 1.26 bits per heavy atom. The van der Waals surface area contributed by atoms with Gasteiger partial charge in [-0.1, -0.05) is 0 Å². The third kappa shape index (κ3) is 2.76. The zero-order valence-corrected chi connectivity index (χ0v) is 13.1. The maximum Gasteiger partial charge on any atom is 0.405 e. The van der Waals surface area contributed by atoms with Gasteiger partial charge in [0.15, 0.2) is 0 Å². The highest BCUT2D eigenvalue weighted by Gasteiger charge is 2.45. The van der Waals surface area contributed by atoms with Crippen LogP contribution in [0.4, 0.5) is 13.2 Å². The van der Waals surface area contributed by atoms with Gasteiger partial charge in [-0.2, -0.15) is 18.2 Å². The summed E-state index contributed by atoms with van der Waals surface area (Å²) in [5.74, 6) is 0.527. The van der Waals surface area contributed by atoms with Crippen LogP contribution in [0.3, 0.4) is 0 Å². The number of aliphatic imine (C=N–C) groups is 1. The Bertz CT molecular complexity index is 718. The third-order valence-electron chi connectivity index (χ3n) is 4.09. The molecule has 0 radical (unpaired) electrons. The summed E-state index contributed by atoms with van der Waals surface area (Å²) in [5.41, 5.74) is 3.33. The van der Waals surface area contributed by atoms with E-state index in [1.165, 1.54) is 10.0 Å². The van der Waals surface area contributed by atoms with Crippen LogP contribution in [0.25, 0.3) is 0 Å². The molecule has 0 saturated heterocycles. The van der Waals surface area contributed by atoms with Crippen molar-refractivity contribution < 1.29 is 13.2 Å². The number of aryl methyl sites for hydroxylation is 1. The number of hydrazine groups is 1. The summed E-state index contributed by atoms with van der Waals surface area (Å²) in [4.78, 5) is 8.62. The molecule has 3 rings (SSSR count). The molecule has 0 aliphatic carbocycles. The second-order valence-corrected chi connectivity index (χ2v) is 5.69. The monoisotopic (exact) mass is 322 g/mol. The number of nitrogens with zero attached hydrogens (tertiary/aromatic N) is 4. The molecule has 0 saturated carbocycles. The molecule has 3 heterocycles. The molecule has 2 aliphatic heterocycles. The van der Waals surface area contributed by atoms with E-state index >= 15 is 0 Å². The van der Waals surface area contributed by atoms with Gasteiger partial charge in [-0.25, -0.2) is 4.99 Å². The summed E-state index contributed by atoms with van der Waals surface area (Å²) < 4.78 is 39.1. The lowest BCUT2D eigenvalue weighted by Crippen LogP contribution is -2.49. The van der Waals surface area contributed by atoms with E-state index in [0.29, 0.717) is 11.5 Å². The van der Waals surface area contributed by atoms with Gasteiger partial charge < -0.3 is 0 Å². The van der Waals surface area contributed by atoms with Gasteiger partial charge in [0.05, 0.1) is 5.71 Å². The van der Waals surface area contributed by atoms with Crippen LogP contribution in [0.5, 0.6) is 0 Å². The molecule has 1 aromatic heterocycles. The normalized spacial score (nSPS) is 19.9. The minimum Gasteiger partial charge on any atom is -0.264 e. The summed E-state index contributed by atoms with van der Waals surface area (Å²) in [6.07, 6.45) is 2.65. The quantitative estimate of drug-likeness (QED) is 0.836. The maximum absolute atomic E-state index is 13.0. The van der Waals surface area contributed by atoms with E-state index in [4.69, 9.17) is 0 Å². The van der Waals surface area contributed by atoms with E-state index in [9.17, 15) is 13.2 Å². The van der Waals surface area contributed by atoms with Crippen molar-refractivity contribution in [3.63, 3.8) is 0 Å². The Morgan fingerprint density at radius 3 is 2.65 bits per heavy atom. The fraction of sp³-hybridized carbons (Fsp3) is 0.375. The lowest BCUT2D eigenvalue weighted by molar-refractivity contribution is -0.201. The van der Waals surface area contributed by atoms with Crippen molar-refractivity contribution in [3.8, 4) is 0 Å². The topological polar surface area (TPSA) is 31.7 Å². The van der Waals surface area contributed by atoms with Gasteiger partial charge in [0, 0.05) is 30.2 Å². The van der Waals surface area contributed by atoms with Crippen molar-refractivity contribution in [1.29, 1.82) is 0 Å². The van der Waals surface area contributed by atoms with E-state index in [-0.39, 0.29) is 6.54 Å². The Labute approximate surface area is 132 Å². The Morgan fingerprint density at radius 2 is 2.00 bits per heavy atom. The Hall–Kier alpha value is -2.15. The first-order chi connectivity index (χ1) is 10.8. The molecule has 4 nitrogen and oxygen atoms in total. The van der Waals surface area contributed by atoms with Gasteiger partial charge in [0.1, 0.15) is 11.9 Å². The lowest BCUT2D eigenvalue weighted by Gasteiger charge is -2.38. The number of fused-ring (bicyclic) bond motifs is 1. The summed E-state index contributed by atoms with van der Waals surface area (Å²) in [7, 11) is 0. The second kappa shape index (κ2) is 5.49. The number of halogens is 3. The van der Waals surface area contributed by atoms with Crippen molar-refractivity contribution in [2.75, 3.05) is 6.54 Å². The van der Waals surface area contributed by atoms with Crippen LogP contribution in [0.15, 0.2) is 47.1 Å². The van der Waals surface area contributed by atoms with Gasteiger partial charge in [0.25, 0.3) is 0 Å². The van der Waals surface area contributed by atoms with E-state index in [2.05, 4.69) is 9.98 Å². The predicted molar refractivity (Wildman–Crippen MR) is 81.4 cm³/mol. The van der Waals surface area contributed by atoms with Crippen molar-refractivity contribution in [2.24, 2.45) is 4.99 Å². The number of allylic oxidation sites excluding steroid dienone is 2. The minimum atomic E-state index is -4.28. The van der Waals surface area contributed by atoms with E-state index in [1.54, 1.807) is 31.5 Å². The molecular formula is C16H17F3N4. The number of alkyl halides is 3. The van der Waals surface area contributed by atoms with Gasteiger partial charge in [0.2, 0.25) is 0 Å². The fourth-order valence-electron chi connectivity index (χ4n) is 2.74. The zero-order valence-electron chi connectivity index (χ0n) is 13.1. The molecule has 0 N–H and O–H groups in total. The molecule has 0 spiro atoms. The van der Waals surface area contributed by atoms with E-state index in [0.717, 1.165) is 23.8 Å². The highest BCUT2D eigenvalue weighted by Crippen LogP contribution is 2.34. The maximum atomic E-state index is 13.0. The average molecular weight is 322 g/mol. The number of hydrogen-bond donors (Lipinski definition) is 0. The summed E-state index contributed by atoms with van der Waals surface area (Å²) in [6.45, 7) is 5.09. The standard InChI is InChI=1S/C16H17F3N4/c1-10-4-6-20-9-13(10)14-8-11(2)23-15(21-14)5-7-22(23)12(3)16(17,18)19/h4-6,8-9,12H,7H2,1-3H3. The fourth-order valence-corrected chi connectivity index (χ4v) is 2.74. The van der Waals surface area contributed by atoms with Crippen LogP contribution in [0, 0.1) is 6.92 Å². The molecule has 7 heteroatoms. The molecule has 122 valence electrons. The second-order valence-electron chi connectivity index (χ2n) is 5.69. The summed E-state index contributed by atoms with van der Waals surface area (Å²) in [5, 5.41) is 2.81. The largest absolute Gasteiger partial charge is 0.405 e. The third-order valence-corrected chi connectivity index (χ3v) is 4.09. The number of rotatable bonds is 2. The smallest absolute Gasteiger partial charge is 0.264 e. The van der Waals surface area contributed by atoms with Gasteiger partial charge in [-0.05, 0) is 44.6 Å². The molecule has 2 aliphatic rings. The molecule has 0 fully saturated rings. The molecule has 0 bridgehead atoms. The van der Waals surface area contributed by atoms with Crippen LogP contribution in [0.2, 0.25) is 0 Å². The van der Waals surface area contributed by atoms with Crippen LogP contribution in [0.1, 0.15) is 25.0 Å². The first-order valence-corrected chi connectivity index (χ1v) is 7.30. The van der Waals surface area contributed by atoms with Crippen molar-refractivity contribution in [3.05, 3.63) is 53.3 Å². The molecule has 0 aromatic carbocycles. The molecular weight excluding hydrogens is 305 g/mol. The van der Waals surface area contributed by atoms with Crippen LogP contribution in [-0.2, 0) is 0 Å². The van der Waals surface area contributed by atoms with Gasteiger partial charge >= 0.3 is 6.18 Å². The molecule has 0 amide bonds. The summed E-state index contributed by atoms with van der Waals surface area (Å²) in [6, 6.07) is 0.311. The number of aromatic nitrogens is 1. The summed E-state index contributed by atoms with van der Waals surface area (Å²) >= 11 is 0.